The van der Waals surface area contributed by atoms with Crippen molar-refractivity contribution in [3.63, 3.8) is 0 Å². The maximum atomic E-state index is 5.06. The smallest absolute Gasteiger partial charge is 0.119 e. The van der Waals surface area contributed by atoms with Crippen LogP contribution in [-0.2, 0) is 4.74 Å². The number of aryl methyl sites for hydroxylation is 1. The highest BCUT2D eigenvalue weighted by atomic mass is 79.9. The lowest BCUT2D eigenvalue weighted by atomic mass is 10.1. The van der Waals surface area contributed by atoms with Gasteiger partial charge in [-0.1, -0.05) is 28.6 Å². The molecule has 0 unspecified atom stereocenters. The Morgan fingerprint density at radius 3 is 2.75 bits per heavy atom. The van der Waals surface area contributed by atoms with Gasteiger partial charge >= 0.3 is 0 Å². The van der Waals surface area contributed by atoms with E-state index in [0.717, 1.165) is 10.0 Å². The summed E-state index contributed by atoms with van der Waals surface area (Å²) in [5.41, 5.74) is 2.22. The summed E-state index contributed by atoms with van der Waals surface area (Å²) in [5, 5.41) is 0. The van der Waals surface area contributed by atoms with Crippen LogP contribution in [-0.4, -0.2) is 7.11 Å². The van der Waals surface area contributed by atoms with Crippen molar-refractivity contribution in [3.8, 4) is 0 Å². The molecule has 0 saturated carbocycles. The second kappa shape index (κ2) is 3.76. The molecule has 0 aliphatic carbocycles. The second-order valence-electron chi connectivity index (χ2n) is 2.59. The standard InChI is InChI=1S/C10H11BrO/c1-7-4-5-9(11)6-10(7)8(2)12-3/h4-6H,2H2,1,3H3. The molecule has 0 bridgehead atoms. The number of halogens is 1. The van der Waals surface area contributed by atoms with Crippen LogP contribution < -0.4 is 0 Å². The first kappa shape index (κ1) is 9.33. The van der Waals surface area contributed by atoms with Crippen LogP contribution in [0.2, 0.25) is 0 Å². The fourth-order valence-electron chi connectivity index (χ4n) is 1.00. The highest BCUT2D eigenvalue weighted by molar-refractivity contribution is 9.10. The molecule has 12 heavy (non-hydrogen) atoms. The van der Waals surface area contributed by atoms with Gasteiger partial charge in [0.15, 0.2) is 0 Å². The Kier molecular flexibility index (Phi) is 2.93. The highest BCUT2D eigenvalue weighted by Gasteiger charge is 2.02. The van der Waals surface area contributed by atoms with E-state index < -0.39 is 0 Å². The average molecular weight is 227 g/mol. The van der Waals surface area contributed by atoms with Gasteiger partial charge in [-0.15, -0.1) is 0 Å². The quantitative estimate of drug-likeness (QED) is 0.703. The number of hydrogen-bond acceptors (Lipinski definition) is 1. The molecule has 0 aromatic heterocycles. The van der Waals surface area contributed by atoms with E-state index in [1.54, 1.807) is 7.11 Å². The number of rotatable bonds is 2. The molecule has 0 saturated heterocycles. The minimum Gasteiger partial charge on any atom is -0.497 e. The lowest BCUT2D eigenvalue weighted by Gasteiger charge is -2.07. The van der Waals surface area contributed by atoms with Gasteiger partial charge in [-0.2, -0.15) is 0 Å². The van der Waals surface area contributed by atoms with Crippen molar-refractivity contribution in [2.24, 2.45) is 0 Å². The van der Waals surface area contributed by atoms with Crippen LogP contribution in [0.15, 0.2) is 29.3 Å². The van der Waals surface area contributed by atoms with Crippen molar-refractivity contribution >= 4 is 21.7 Å². The fraction of sp³-hybridized carbons (Fsp3) is 0.200. The third kappa shape index (κ3) is 1.89. The number of benzene rings is 1. The van der Waals surface area contributed by atoms with E-state index in [2.05, 4.69) is 22.5 Å². The fourth-order valence-corrected chi connectivity index (χ4v) is 1.37. The molecule has 0 heterocycles. The van der Waals surface area contributed by atoms with E-state index in [4.69, 9.17) is 4.74 Å². The van der Waals surface area contributed by atoms with Crippen molar-refractivity contribution in [1.82, 2.24) is 0 Å². The first-order valence-electron chi connectivity index (χ1n) is 3.64. The van der Waals surface area contributed by atoms with Crippen molar-refractivity contribution in [1.29, 1.82) is 0 Å². The zero-order chi connectivity index (χ0) is 9.14. The van der Waals surface area contributed by atoms with Crippen LogP contribution in [0.25, 0.3) is 5.76 Å². The Labute approximate surface area is 81.2 Å². The Bertz CT molecular complexity index is 305. The molecule has 1 aromatic rings. The SMILES string of the molecule is C=C(OC)c1cc(Br)ccc1C. The van der Waals surface area contributed by atoms with Crippen LogP contribution in [0.5, 0.6) is 0 Å². The zero-order valence-corrected chi connectivity index (χ0v) is 8.81. The summed E-state index contributed by atoms with van der Waals surface area (Å²) in [7, 11) is 1.63. The van der Waals surface area contributed by atoms with Gasteiger partial charge in [0.25, 0.3) is 0 Å². The van der Waals surface area contributed by atoms with Gasteiger partial charge in [0.1, 0.15) is 5.76 Å². The van der Waals surface area contributed by atoms with Crippen molar-refractivity contribution in [2.45, 2.75) is 6.92 Å². The number of methoxy groups -OCH3 is 1. The summed E-state index contributed by atoms with van der Waals surface area (Å²) in [6.07, 6.45) is 0. The number of hydrogen-bond donors (Lipinski definition) is 0. The molecule has 2 heteroatoms. The Hall–Kier alpha value is -0.760. The molecule has 1 rings (SSSR count). The minimum atomic E-state index is 0.703. The third-order valence-corrected chi connectivity index (χ3v) is 2.24. The van der Waals surface area contributed by atoms with Crippen molar-refractivity contribution < 1.29 is 4.74 Å². The molecule has 0 aliphatic rings. The Balaban J connectivity index is 3.13. The minimum absolute atomic E-state index is 0.703. The molecule has 1 nitrogen and oxygen atoms in total. The number of ether oxygens (including phenoxy) is 1. The van der Waals surface area contributed by atoms with Crippen LogP contribution in [0.1, 0.15) is 11.1 Å². The van der Waals surface area contributed by atoms with E-state index in [0.29, 0.717) is 5.76 Å². The monoisotopic (exact) mass is 226 g/mol. The predicted molar refractivity (Wildman–Crippen MR) is 54.9 cm³/mol. The van der Waals surface area contributed by atoms with Gasteiger partial charge < -0.3 is 4.74 Å². The van der Waals surface area contributed by atoms with Gasteiger partial charge in [0.05, 0.1) is 7.11 Å². The van der Waals surface area contributed by atoms with Crippen LogP contribution in [0.4, 0.5) is 0 Å². The normalized spacial score (nSPS) is 9.58. The molecule has 0 amide bonds. The zero-order valence-electron chi connectivity index (χ0n) is 7.23. The lowest BCUT2D eigenvalue weighted by molar-refractivity contribution is 0.371. The first-order chi connectivity index (χ1) is 5.65. The molecule has 0 atom stereocenters. The van der Waals surface area contributed by atoms with E-state index in [1.165, 1.54) is 5.56 Å². The molecule has 0 N–H and O–H groups in total. The lowest BCUT2D eigenvalue weighted by Crippen LogP contribution is -1.89. The molecule has 0 radical (unpaired) electrons. The predicted octanol–water partition coefficient (Wildman–Crippen LogP) is 3.37. The van der Waals surface area contributed by atoms with Gasteiger partial charge in [0, 0.05) is 10.0 Å². The Morgan fingerprint density at radius 1 is 1.50 bits per heavy atom. The van der Waals surface area contributed by atoms with Gasteiger partial charge in [-0.05, 0) is 24.6 Å². The Morgan fingerprint density at radius 2 is 2.17 bits per heavy atom. The van der Waals surface area contributed by atoms with Crippen molar-refractivity contribution in [3.05, 3.63) is 40.4 Å². The first-order valence-corrected chi connectivity index (χ1v) is 4.44. The second-order valence-corrected chi connectivity index (χ2v) is 3.50. The van der Waals surface area contributed by atoms with Gasteiger partial charge in [0.2, 0.25) is 0 Å². The molecule has 1 aromatic carbocycles. The van der Waals surface area contributed by atoms with Crippen LogP contribution >= 0.6 is 15.9 Å². The topological polar surface area (TPSA) is 9.23 Å². The summed E-state index contributed by atoms with van der Waals surface area (Å²) in [5.74, 6) is 0.703. The summed E-state index contributed by atoms with van der Waals surface area (Å²) in [6, 6.07) is 6.03. The highest BCUT2D eigenvalue weighted by Crippen LogP contribution is 2.21. The molecular weight excluding hydrogens is 216 g/mol. The summed E-state index contributed by atoms with van der Waals surface area (Å²) in [6.45, 7) is 5.84. The average Bonchev–Trinajstić information content (AvgIpc) is 2.08. The van der Waals surface area contributed by atoms with E-state index in [1.807, 2.05) is 25.1 Å². The maximum Gasteiger partial charge on any atom is 0.119 e. The van der Waals surface area contributed by atoms with E-state index >= 15 is 0 Å². The van der Waals surface area contributed by atoms with Gasteiger partial charge in [-0.3, -0.25) is 0 Å². The van der Waals surface area contributed by atoms with Crippen LogP contribution in [0.3, 0.4) is 0 Å². The summed E-state index contributed by atoms with van der Waals surface area (Å²) in [4.78, 5) is 0. The third-order valence-electron chi connectivity index (χ3n) is 1.75. The molecule has 64 valence electrons. The molecular formula is C10H11BrO. The largest absolute Gasteiger partial charge is 0.497 e. The van der Waals surface area contributed by atoms with Gasteiger partial charge in [-0.25, -0.2) is 0 Å². The summed E-state index contributed by atoms with van der Waals surface area (Å²) < 4.78 is 6.10. The van der Waals surface area contributed by atoms with Crippen LogP contribution in [0, 0.1) is 6.92 Å². The summed E-state index contributed by atoms with van der Waals surface area (Å²) >= 11 is 3.40. The molecule has 0 spiro atoms. The maximum absolute atomic E-state index is 5.06. The van der Waals surface area contributed by atoms with Crippen molar-refractivity contribution in [2.75, 3.05) is 7.11 Å². The van der Waals surface area contributed by atoms with E-state index in [9.17, 15) is 0 Å². The molecule has 0 fully saturated rings. The van der Waals surface area contributed by atoms with E-state index in [-0.39, 0.29) is 0 Å². The molecule has 0 aliphatic heterocycles.